The highest BCUT2D eigenvalue weighted by Gasteiger charge is 2.20. The maximum atomic E-state index is 12.2. The molecule has 0 radical (unpaired) electrons. The number of carbonyl (C=O) groups is 1. The third-order valence-corrected chi connectivity index (χ3v) is 5.28. The summed E-state index contributed by atoms with van der Waals surface area (Å²) in [7, 11) is 1.72. The Morgan fingerprint density at radius 2 is 1.86 bits per heavy atom. The average molecular weight is 402 g/mol. The summed E-state index contributed by atoms with van der Waals surface area (Å²) in [6.45, 7) is 7.58. The number of amides is 1. The van der Waals surface area contributed by atoms with Crippen molar-refractivity contribution in [2.75, 3.05) is 39.8 Å². The van der Waals surface area contributed by atoms with Crippen molar-refractivity contribution in [1.82, 2.24) is 15.1 Å². The number of nitrogens with one attached hydrogen (secondary N) is 1. The van der Waals surface area contributed by atoms with Crippen molar-refractivity contribution in [3.05, 3.63) is 64.2 Å². The van der Waals surface area contributed by atoms with Gasteiger partial charge in [-0.15, -0.1) is 0 Å². The van der Waals surface area contributed by atoms with E-state index in [2.05, 4.69) is 34.2 Å². The average Bonchev–Trinajstić information content (AvgIpc) is 2.68. The van der Waals surface area contributed by atoms with Gasteiger partial charge < -0.3 is 10.1 Å². The molecular formula is C22H28ClN3O2. The van der Waals surface area contributed by atoms with Crippen LogP contribution in [0.15, 0.2) is 42.5 Å². The van der Waals surface area contributed by atoms with Crippen LogP contribution < -0.4 is 10.1 Å². The molecule has 1 amide bonds. The second-order valence-corrected chi connectivity index (χ2v) is 7.71. The molecule has 1 aliphatic heterocycles. The van der Waals surface area contributed by atoms with Crippen LogP contribution in [0.1, 0.15) is 16.7 Å². The molecule has 1 aliphatic rings. The lowest BCUT2D eigenvalue weighted by Gasteiger charge is -2.34. The smallest absolute Gasteiger partial charge is 0.234 e. The van der Waals surface area contributed by atoms with E-state index in [4.69, 9.17) is 16.3 Å². The van der Waals surface area contributed by atoms with Gasteiger partial charge in [0.1, 0.15) is 5.75 Å². The second-order valence-electron chi connectivity index (χ2n) is 7.27. The van der Waals surface area contributed by atoms with E-state index in [9.17, 15) is 4.79 Å². The van der Waals surface area contributed by atoms with Gasteiger partial charge in [0.15, 0.2) is 0 Å². The topological polar surface area (TPSA) is 44.8 Å². The summed E-state index contributed by atoms with van der Waals surface area (Å²) in [6.07, 6.45) is 0. The maximum Gasteiger partial charge on any atom is 0.234 e. The molecule has 1 N–H and O–H groups in total. The van der Waals surface area contributed by atoms with E-state index < -0.39 is 0 Å². The molecule has 2 aromatic rings. The molecule has 1 heterocycles. The van der Waals surface area contributed by atoms with E-state index in [0.29, 0.717) is 18.1 Å². The Balaban J connectivity index is 1.42. The van der Waals surface area contributed by atoms with E-state index in [-0.39, 0.29) is 5.91 Å². The first-order valence-corrected chi connectivity index (χ1v) is 10.0. The maximum absolute atomic E-state index is 12.2. The van der Waals surface area contributed by atoms with Gasteiger partial charge in [-0.1, -0.05) is 41.4 Å². The van der Waals surface area contributed by atoms with Gasteiger partial charge in [0, 0.05) is 49.9 Å². The van der Waals surface area contributed by atoms with Crippen LogP contribution in [-0.2, 0) is 17.9 Å². The van der Waals surface area contributed by atoms with Gasteiger partial charge in [0.05, 0.1) is 13.7 Å². The van der Waals surface area contributed by atoms with Gasteiger partial charge in [-0.05, 0) is 30.7 Å². The minimum atomic E-state index is 0.0498. The molecule has 0 aliphatic carbocycles. The van der Waals surface area contributed by atoms with Crippen molar-refractivity contribution in [1.29, 1.82) is 0 Å². The summed E-state index contributed by atoms with van der Waals surface area (Å²) >= 11 is 5.98. The Bertz CT molecular complexity index is 804. The van der Waals surface area contributed by atoms with Crippen LogP contribution in [0.4, 0.5) is 0 Å². The van der Waals surface area contributed by atoms with Gasteiger partial charge in [-0.25, -0.2) is 0 Å². The number of benzene rings is 2. The molecule has 0 atom stereocenters. The number of rotatable bonds is 7. The highest BCUT2D eigenvalue weighted by atomic mass is 35.5. The number of hydrogen-bond acceptors (Lipinski definition) is 4. The van der Waals surface area contributed by atoms with E-state index >= 15 is 0 Å². The number of carbonyl (C=O) groups excluding carboxylic acids is 1. The van der Waals surface area contributed by atoms with Gasteiger partial charge in [0.25, 0.3) is 0 Å². The molecule has 0 aromatic heterocycles. The zero-order chi connectivity index (χ0) is 19.9. The fraction of sp³-hybridized carbons (Fsp3) is 0.409. The minimum Gasteiger partial charge on any atom is -0.496 e. The fourth-order valence-corrected chi connectivity index (χ4v) is 3.70. The van der Waals surface area contributed by atoms with E-state index in [1.165, 1.54) is 11.1 Å². The highest BCUT2D eigenvalue weighted by Crippen LogP contribution is 2.22. The van der Waals surface area contributed by atoms with Crippen molar-refractivity contribution < 1.29 is 9.53 Å². The third-order valence-electron chi connectivity index (χ3n) is 5.04. The Kier molecular flexibility index (Phi) is 7.31. The number of aryl methyl sites for hydroxylation is 1. The monoisotopic (exact) mass is 401 g/mol. The summed E-state index contributed by atoms with van der Waals surface area (Å²) < 4.78 is 5.49. The van der Waals surface area contributed by atoms with Crippen molar-refractivity contribution in [3.63, 3.8) is 0 Å². The molecule has 6 heteroatoms. The molecule has 5 nitrogen and oxygen atoms in total. The number of methoxy groups -OCH3 is 1. The van der Waals surface area contributed by atoms with Crippen molar-refractivity contribution in [2.24, 2.45) is 0 Å². The Labute approximate surface area is 172 Å². The van der Waals surface area contributed by atoms with Crippen molar-refractivity contribution in [3.8, 4) is 5.75 Å². The number of nitrogens with zero attached hydrogens (tertiary/aromatic N) is 2. The van der Waals surface area contributed by atoms with Crippen LogP contribution in [-0.4, -0.2) is 55.5 Å². The molecule has 0 saturated carbocycles. The molecule has 1 saturated heterocycles. The standard InChI is InChI=1S/C22H28ClN3O2/c1-17-6-7-21(28-2)19(12-17)15-25-8-10-26(11-9-25)16-22(27)24-14-18-4-3-5-20(23)13-18/h3-7,12-13H,8-11,14-16H2,1-2H3,(H,24,27). The molecule has 0 bridgehead atoms. The largest absolute Gasteiger partial charge is 0.496 e. The molecular weight excluding hydrogens is 374 g/mol. The van der Waals surface area contributed by atoms with Crippen LogP contribution in [0.3, 0.4) is 0 Å². The molecule has 150 valence electrons. The Hall–Kier alpha value is -2.08. The first-order chi connectivity index (χ1) is 13.5. The Morgan fingerprint density at radius 3 is 2.57 bits per heavy atom. The van der Waals surface area contributed by atoms with Crippen LogP contribution in [0.25, 0.3) is 0 Å². The number of piperazine rings is 1. The van der Waals surface area contributed by atoms with E-state index in [1.807, 2.05) is 30.3 Å². The van der Waals surface area contributed by atoms with E-state index in [1.54, 1.807) is 7.11 Å². The quantitative estimate of drug-likeness (QED) is 0.774. The summed E-state index contributed by atoms with van der Waals surface area (Å²) in [5.41, 5.74) is 3.47. The summed E-state index contributed by atoms with van der Waals surface area (Å²) in [4.78, 5) is 16.9. The van der Waals surface area contributed by atoms with Crippen LogP contribution in [0.5, 0.6) is 5.75 Å². The first-order valence-electron chi connectivity index (χ1n) is 9.63. The molecule has 28 heavy (non-hydrogen) atoms. The van der Waals surface area contributed by atoms with Crippen LogP contribution >= 0.6 is 11.6 Å². The summed E-state index contributed by atoms with van der Waals surface area (Å²) in [6, 6.07) is 13.9. The zero-order valence-corrected chi connectivity index (χ0v) is 17.3. The fourth-order valence-electron chi connectivity index (χ4n) is 3.48. The normalized spacial score (nSPS) is 15.4. The zero-order valence-electron chi connectivity index (χ0n) is 16.6. The third kappa shape index (κ3) is 5.96. The lowest BCUT2D eigenvalue weighted by molar-refractivity contribution is -0.122. The molecule has 2 aromatic carbocycles. The number of hydrogen-bond donors (Lipinski definition) is 1. The number of ether oxygens (including phenoxy) is 1. The Morgan fingerprint density at radius 1 is 1.11 bits per heavy atom. The first kappa shape index (κ1) is 20.6. The SMILES string of the molecule is COc1ccc(C)cc1CN1CCN(CC(=O)NCc2cccc(Cl)c2)CC1. The lowest BCUT2D eigenvalue weighted by Crippen LogP contribution is -2.49. The second kappa shape index (κ2) is 9.92. The van der Waals surface area contributed by atoms with Crippen molar-refractivity contribution >= 4 is 17.5 Å². The molecule has 0 unspecified atom stereocenters. The summed E-state index contributed by atoms with van der Waals surface area (Å²) in [5, 5.41) is 3.66. The lowest BCUT2D eigenvalue weighted by atomic mass is 10.1. The predicted octanol–water partition coefficient (Wildman–Crippen LogP) is 3.09. The minimum absolute atomic E-state index is 0.0498. The molecule has 3 rings (SSSR count). The summed E-state index contributed by atoms with van der Waals surface area (Å²) in [5.74, 6) is 0.988. The molecule has 0 spiro atoms. The predicted molar refractivity (Wildman–Crippen MR) is 113 cm³/mol. The van der Waals surface area contributed by atoms with E-state index in [0.717, 1.165) is 44.0 Å². The van der Waals surface area contributed by atoms with Crippen molar-refractivity contribution in [2.45, 2.75) is 20.0 Å². The van der Waals surface area contributed by atoms with Crippen LogP contribution in [0, 0.1) is 6.92 Å². The van der Waals surface area contributed by atoms with Gasteiger partial charge in [-0.3, -0.25) is 14.6 Å². The van der Waals surface area contributed by atoms with Gasteiger partial charge in [-0.2, -0.15) is 0 Å². The van der Waals surface area contributed by atoms with Gasteiger partial charge >= 0.3 is 0 Å². The highest BCUT2D eigenvalue weighted by molar-refractivity contribution is 6.30. The molecule has 1 fully saturated rings. The van der Waals surface area contributed by atoms with Gasteiger partial charge in [0.2, 0.25) is 5.91 Å². The number of halogens is 1. The van der Waals surface area contributed by atoms with Crippen LogP contribution in [0.2, 0.25) is 5.02 Å².